The molecule has 0 aliphatic heterocycles. The maximum atomic E-state index is 4.90. The van der Waals surface area contributed by atoms with E-state index in [1.807, 2.05) is 7.05 Å². The Morgan fingerprint density at radius 3 is 2.89 bits per heavy atom. The van der Waals surface area contributed by atoms with E-state index in [9.17, 15) is 0 Å². The van der Waals surface area contributed by atoms with Gasteiger partial charge in [-0.2, -0.15) is 12.6 Å². The summed E-state index contributed by atoms with van der Waals surface area (Å²) >= 11 is 10.6. The van der Waals surface area contributed by atoms with Crippen molar-refractivity contribution >= 4 is 40.9 Å². The third-order valence-electron chi connectivity index (χ3n) is 0.740. The molecule has 0 bridgehead atoms. The lowest BCUT2D eigenvalue weighted by atomic mass is 10.6. The summed E-state index contributed by atoms with van der Waals surface area (Å²) in [6.45, 7) is 0. The SMILES string of the molecule is CNC(=S)SCCCS. The van der Waals surface area contributed by atoms with Gasteiger partial charge in [-0.1, -0.05) is 24.0 Å². The smallest absolute Gasteiger partial charge is 0.133 e. The minimum absolute atomic E-state index is 0.872. The van der Waals surface area contributed by atoms with E-state index in [-0.39, 0.29) is 0 Å². The number of thiocarbonyl (C=S) groups is 1. The molecule has 0 aromatic heterocycles. The van der Waals surface area contributed by atoms with E-state index in [0.717, 1.165) is 22.2 Å². The molecule has 0 rings (SSSR count). The monoisotopic (exact) mass is 181 g/mol. The Bertz CT molecular complexity index is 84.3. The van der Waals surface area contributed by atoms with Gasteiger partial charge in [-0.15, -0.1) is 0 Å². The fourth-order valence-corrected chi connectivity index (χ4v) is 1.54. The van der Waals surface area contributed by atoms with Crippen LogP contribution in [-0.4, -0.2) is 22.9 Å². The standard InChI is InChI=1S/C5H11NS3/c1-6-5(8)9-4-2-3-7/h7H,2-4H2,1H3,(H,6,8). The van der Waals surface area contributed by atoms with Crippen molar-refractivity contribution < 1.29 is 0 Å². The first-order chi connectivity index (χ1) is 4.31. The van der Waals surface area contributed by atoms with Gasteiger partial charge in [-0.05, 0) is 12.2 Å². The highest BCUT2D eigenvalue weighted by Gasteiger charge is 1.90. The van der Waals surface area contributed by atoms with Gasteiger partial charge in [0.2, 0.25) is 0 Å². The summed E-state index contributed by atoms with van der Waals surface area (Å²) in [6.07, 6.45) is 1.12. The fraction of sp³-hybridized carbons (Fsp3) is 0.800. The second-order valence-electron chi connectivity index (χ2n) is 1.46. The van der Waals surface area contributed by atoms with E-state index in [2.05, 4.69) is 17.9 Å². The van der Waals surface area contributed by atoms with Crippen LogP contribution in [0.2, 0.25) is 0 Å². The Hall–Kier alpha value is 0.590. The lowest BCUT2D eigenvalue weighted by Crippen LogP contribution is -2.11. The zero-order valence-corrected chi connectivity index (χ0v) is 7.91. The minimum atomic E-state index is 0.872. The molecular weight excluding hydrogens is 170 g/mol. The molecule has 0 amide bonds. The molecule has 0 aromatic rings. The van der Waals surface area contributed by atoms with Crippen LogP contribution in [0, 0.1) is 0 Å². The maximum absolute atomic E-state index is 4.90. The Morgan fingerprint density at radius 1 is 1.78 bits per heavy atom. The van der Waals surface area contributed by atoms with Gasteiger partial charge in [0.15, 0.2) is 0 Å². The van der Waals surface area contributed by atoms with Crippen molar-refractivity contribution in [3.8, 4) is 0 Å². The predicted molar refractivity (Wildman–Crippen MR) is 52.6 cm³/mol. The Balaban J connectivity index is 2.97. The minimum Gasteiger partial charge on any atom is -0.374 e. The summed E-state index contributed by atoms with van der Waals surface area (Å²) in [6, 6.07) is 0. The highest BCUT2D eigenvalue weighted by atomic mass is 32.2. The zero-order chi connectivity index (χ0) is 7.11. The molecule has 0 spiro atoms. The summed E-state index contributed by atoms with van der Waals surface area (Å²) in [5.41, 5.74) is 0. The first kappa shape index (κ1) is 9.59. The molecule has 9 heavy (non-hydrogen) atoms. The summed E-state index contributed by atoms with van der Waals surface area (Å²) in [7, 11) is 1.84. The van der Waals surface area contributed by atoms with Crippen LogP contribution < -0.4 is 5.32 Å². The molecular formula is C5H11NS3. The molecule has 1 N–H and O–H groups in total. The number of thioether (sulfide) groups is 1. The lowest BCUT2D eigenvalue weighted by molar-refractivity contribution is 1.13. The Kier molecular flexibility index (Phi) is 7.15. The molecule has 4 heteroatoms. The van der Waals surface area contributed by atoms with Gasteiger partial charge in [0.05, 0.1) is 0 Å². The second-order valence-corrected chi connectivity index (χ2v) is 3.68. The van der Waals surface area contributed by atoms with Gasteiger partial charge in [0.1, 0.15) is 4.32 Å². The molecule has 54 valence electrons. The molecule has 0 aliphatic rings. The highest BCUT2D eigenvalue weighted by molar-refractivity contribution is 8.22. The summed E-state index contributed by atoms with van der Waals surface area (Å²) in [4.78, 5) is 0. The van der Waals surface area contributed by atoms with E-state index < -0.39 is 0 Å². The van der Waals surface area contributed by atoms with Crippen LogP contribution in [-0.2, 0) is 0 Å². The largest absolute Gasteiger partial charge is 0.374 e. The summed E-state index contributed by atoms with van der Waals surface area (Å²) < 4.78 is 0.872. The van der Waals surface area contributed by atoms with Crippen molar-refractivity contribution in [2.45, 2.75) is 6.42 Å². The number of thiol groups is 1. The van der Waals surface area contributed by atoms with Crippen LogP contribution in [0.4, 0.5) is 0 Å². The molecule has 0 atom stereocenters. The molecule has 0 aromatic carbocycles. The maximum Gasteiger partial charge on any atom is 0.133 e. The van der Waals surface area contributed by atoms with Gasteiger partial charge in [0.25, 0.3) is 0 Å². The summed E-state index contributed by atoms with van der Waals surface area (Å²) in [5, 5.41) is 2.89. The average Bonchev–Trinajstić information content (AvgIpc) is 1.89. The van der Waals surface area contributed by atoms with Crippen molar-refractivity contribution in [3.05, 3.63) is 0 Å². The highest BCUT2D eigenvalue weighted by Crippen LogP contribution is 2.03. The van der Waals surface area contributed by atoms with Crippen molar-refractivity contribution in [1.29, 1.82) is 0 Å². The van der Waals surface area contributed by atoms with Crippen LogP contribution in [0.1, 0.15) is 6.42 Å². The van der Waals surface area contributed by atoms with Gasteiger partial charge >= 0.3 is 0 Å². The van der Waals surface area contributed by atoms with Crippen molar-refractivity contribution in [3.63, 3.8) is 0 Å². The molecule has 0 unspecified atom stereocenters. The first-order valence-electron chi connectivity index (χ1n) is 2.76. The quantitative estimate of drug-likeness (QED) is 0.389. The van der Waals surface area contributed by atoms with Gasteiger partial charge in [0, 0.05) is 12.8 Å². The summed E-state index contributed by atoms with van der Waals surface area (Å²) in [5.74, 6) is 2.02. The zero-order valence-electron chi connectivity index (χ0n) is 5.39. The molecule has 1 nitrogen and oxygen atoms in total. The van der Waals surface area contributed by atoms with Crippen molar-refractivity contribution in [2.24, 2.45) is 0 Å². The number of hydrogen-bond acceptors (Lipinski definition) is 3. The van der Waals surface area contributed by atoms with Crippen LogP contribution in [0.5, 0.6) is 0 Å². The number of nitrogens with one attached hydrogen (secondary N) is 1. The van der Waals surface area contributed by atoms with E-state index in [4.69, 9.17) is 12.2 Å². The van der Waals surface area contributed by atoms with Crippen molar-refractivity contribution in [1.82, 2.24) is 5.32 Å². The van der Waals surface area contributed by atoms with E-state index >= 15 is 0 Å². The topological polar surface area (TPSA) is 12.0 Å². The molecule has 0 saturated heterocycles. The normalized spacial score (nSPS) is 9.11. The Morgan fingerprint density at radius 2 is 2.44 bits per heavy atom. The van der Waals surface area contributed by atoms with Crippen LogP contribution in [0.25, 0.3) is 0 Å². The molecule has 0 aliphatic carbocycles. The van der Waals surface area contributed by atoms with Gasteiger partial charge in [-0.25, -0.2) is 0 Å². The number of hydrogen-bond donors (Lipinski definition) is 2. The van der Waals surface area contributed by atoms with Crippen molar-refractivity contribution in [2.75, 3.05) is 18.6 Å². The van der Waals surface area contributed by atoms with E-state index in [0.29, 0.717) is 0 Å². The Labute approximate surface area is 71.4 Å². The molecule has 0 fully saturated rings. The average molecular weight is 181 g/mol. The molecule has 0 saturated carbocycles. The fourth-order valence-electron chi connectivity index (χ4n) is 0.302. The third kappa shape index (κ3) is 6.48. The first-order valence-corrected chi connectivity index (χ1v) is 4.79. The van der Waals surface area contributed by atoms with Gasteiger partial charge < -0.3 is 5.32 Å². The van der Waals surface area contributed by atoms with Crippen LogP contribution in [0.3, 0.4) is 0 Å². The van der Waals surface area contributed by atoms with E-state index in [1.54, 1.807) is 11.8 Å². The van der Waals surface area contributed by atoms with E-state index in [1.165, 1.54) is 0 Å². The number of rotatable bonds is 3. The van der Waals surface area contributed by atoms with Gasteiger partial charge in [-0.3, -0.25) is 0 Å². The predicted octanol–water partition coefficient (Wildman–Crippen LogP) is 1.54. The lowest BCUT2D eigenvalue weighted by Gasteiger charge is -1.98. The molecule has 0 heterocycles. The van der Waals surface area contributed by atoms with Crippen LogP contribution >= 0.6 is 36.6 Å². The van der Waals surface area contributed by atoms with Crippen LogP contribution in [0.15, 0.2) is 0 Å². The molecule has 0 radical (unpaired) electrons. The third-order valence-corrected chi connectivity index (χ3v) is 2.57. The second kappa shape index (κ2) is 6.71.